The minimum atomic E-state index is -1.00. The Bertz CT molecular complexity index is 1320. The maximum absolute atomic E-state index is 13.1. The second-order valence-electron chi connectivity index (χ2n) is 12.1. The summed E-state index contributed by atoms with van der Waals surface area (Å²) in [6, 6.07) is 20.4. The van der Waals surface area contributed by atoms with Crippen molar-refractivity contribution in [3.8, 4) is 11.5 Å². The normalized spacial score (nSPS) is 21.8. The van der Waals surface area contributed by atoms with Gasteiger partial charge in [0.05, 0.1) is 5.56 Å². The minimum Gasteiger partial charge on any atom is -0.456 e. The van der Waals surface area contributed by atoms with Gasteiger partial charge < -0.3 is 19.3 Å². The molecule has 0 N–H and O–H groups in total. The number of anilines is 2. The van der Waals surface area contributed by atoms with E-state index < -0.39 is 5.60 Å². The number of ether oxygens (including phenoxy) is 2. The topological polar surface area (TPSA) is 42.0 Å². The molecule has 7 rings (SSSR count). The van der Waals surface area contributed by atoms with Crippen LogP contribution in [0.15, 0.2) is 60.7 Å². The fraction of sp³-hybridized carbons (Fsp3) is 0.367. The molecular formula is C30H30N2O3. The first-order valence-corrected chi connectivity index (χ1v) is 12.5. The number of hydrogen-bond acceptors (Lipinski definition) is 5. The second kappa shape index (κ2) is 6.60. The lowest BCUT2D eigenvalue weighted by molar-refractivity contribution is 0.0224. The van der Waals surface area contributed by atoms with Crippen LogP contribution >= 0.6 is 0 Å². The second-order valence-corrected chi connectivity index (χ2v) is 12.1. The minimum absolute atomic E-state index is 0.290. The van der Waals surface area contributed by atoms with Gasteiger partial charge in [-0.3, -0.25) is 0 Å². The summed E-state index contributed by atoms with van der Waals surface area (Å²) >= 11 is 0. The third kappa shape index (κ3) is 2.90. The van der Waals surface area contributed by atoms with E-state index in [1.54, 1.807) is 0 Å². The summed E-state index contributed by atoms with van der Waals surface area (Å²) < 4.78 is 12.9. The van der Waals surface area contributed by atoms with Crippen LogP contribution in [0.1, 0.15) is 54.7 Å². The SMILES string of the molecule is CC1(C)CN(c2ccc3c(c2)Oc2cc(N4CC(C)(C)C4)ccc2C32OC(=O)c3ccccc32)C1. The van der Waals surface area contributed by atoms with Crippen molar-refractivity contribution >= 4 is 17.3 Å². The Morgan fingerprint density at radius 1 is 0.686 bits per heavy atom. The zero-order chi connectivity index (χ0) is 24.2. The van der Waals surface area contributed by atoms with Crippen LogP contribution in [0, 0.1) is 10.8 Å². The maximum Gasteiger partial charge on any atom is 0.340 e. The van der Waals surface area contributed by atoms with E-state index in [-0.39, 0.29) is 5.97 Å². The Labute approximate surface area is 206 Å². The van der Waals surface area contributed by atoms with Crippen molar-refractivity contribution in [1.29, 1.82) is 0 Å². The summed E-state index contributed by atoms with van der Waals surface area (Å²) in [5, 5.41) is 0. The highest BCUT2D eigenvalue weighted by molar-refractivity contribution is 5.97. The van der Waals surface area contributed by atoms with E-state index in [0.717, 1.165) is 65.7 Å². The van der Waals surface area contributed by atoms with Crippen molar-refractivity contribution in [2.45, 2.75) is 33.3 Å². The van der Waals surface area contributed by atoms with Crippen LogP contribution in [0.3, 0.4) is 0 Å². The van der Waals surface area contributed by atoms with Crippen LogP contribution in [-0.4, -0.2) is 32.1 Å². The van der Waals surface area contributed by atoms with Gasteiger partial charge in [-0.05, 0) is 41.2 Å². The van der Waals surface area contributed by atoms with Gasteiger partial charge in [0, 0.05) is 66.4 Å². The molecule has 0 aromatic heterocycles. The molecule has 4 aliphatic heterocycles. The first kappa shape index (κ1) is 20.9. The van der Waals surface area contributed by atoms with Crippen LogP contribution in [0.5, 0.6) is 11.5 Å². The number of rotatable bonds is 2. The van der Waals surface area contributed by atoms with E-state index >= 15 is 0 Å². The molecule has 5 nitrogen and oxygen atoms in total. The molecule has 0 saturated carbocycles. The van der Waals surface area contributed by atoms with Crippen molar-refractivity contribution in [2.75, 3.05) is 36.0 Å². The quantitative estimate of drug-likeness (QED) is 0.437. The molecular weight excluding hydrogens is 436 g/mol. The van der Waals surface area contributed by atoms with E-state index in [0.29, 0.717) is 16.4 Å². The Kier molecular flexibility index (Phi) is 3.93. The number of hydrogen-bond donors (Lipinski definition) is 0. The van der Waals surface area contributed by atoms with Gasteiger partial charge >= 0.3 is 5.97 Å². The van der Waals surface area contributed by atoms with Gasteiger partial charge in [0.1, 0.15) is 11.5 Å². The number of fused-ring (bicyclic) bond motifs is 6. The number of nitrogens with zero attached hydrogens (tertiary/aromatic N) is 2. The molecule has 3 aromatic rings. The highest BCUT2D eigenvalue weighted by atomic mass is 16.6. The van der Waals surface area contributed by atoms with Gasteiger partial charge in [-0.25, -0.2) is 4.79 Å². The Morgan fingerprint density at radius 2 is 1.20 bits per heavy atom. The van der Waals surface area contributed by atoms with E-state index in [9.17, 15) is 4.79 Å². The lowest BCUT2D eigenvalue weighted by Gasteiger charge is -2.48. The molecule has 0 aliphatic carbocycles. The third-order valence-electron chi connectivity index (χ3n) is 7.89. The van der Waals surface area contributed by atoms with E-state index in [1.165, 1.54) is 0 Å². The Morgan fingerprint density at radius 3 is 1.71 bits per heavy atom. The predicted molar refractivity (Wildman–Crippen MR) is 137 cm³/mol. The molecule has 2 fully saturated rings. The molecule has 0 radical (unpaired) electrons. The van der Waals surface area contributed by atoms with E-state index in [4.69, 9.17) is 9.47 Å². The Hall–Kier alpha value is -3.47. The summed E-state index contributed by atoms with van der Waals surface area (Å²) in [6.45, 7) is 13.2. The predicted octanol–water partition coefficient (Wildman–Crippen LogP) is 5.95. The average Bonchev–Trinajstić information content (AvgIpc) is 3.08. The molecule has 178 valence electrons. The van der Waals surface area contributed by atoms with Gasteiger partial charge in [0.15, 0.2) is 5.60 Å². The molecule has 0 atom stereocenters. The number of esters is 1. The van der Waals surface area contributed by atoms with Crippen molar-refractivity contribution in [3.05, 3.63) is 82.9 Å². The lowest BCUT2D eigenvalue weighted by atomic mass is 9.77. The first-order valence-electron chi connectivity index (χ1n) is 12.5. The summed E-state index contributed by atoms with van der Waals surface area (Å²) in [5.74, 6) is 1.22. The smallest absolute Gasteiger partial charge is 0.340 e. The molecule has 4 heterocycles. The lowest BCUT2D eigenvalue weighted by Crippen LogP contribution is -2.53. The van der Waals surface area contributed by atoms with Crippen LogP contribution in [0.2, 0.25) is 0 Å². The van der Waals surface area contributed by atoms with Crippen molar-refractivity contribution < 1.29 is 14.3 Å². The van der Waals surface area contributed by atoms with Gasteiger partial charge in [-0.2, -0.15) is 0 Å². The monoisotopic (exact) mass is 466 g/mol. The van der Waals surface area contributed by atoms with Gasteiger partial charge in [-0.15, -0.1) is 0 Å². The molecule has 35 heavy (non-hydrogen) atoms. The van der Waals surface area contributed by atoms with E-state index in [1.807, 2.05) is 24.3 Å². The highest BCUT2D eigenvalue weighted by Crippen LogP contribution is 2.57. The van der Waals surface area contributed by atoms with Crippen LogP contribution < -0.4 is 14.5 Å². The summed E-state index contributed by atoms with van der Waals surface area (Å²) in [6.07, 6.45) is 0. The van der Waals surface area contributed by atoms with Crippen molar-refractivity contribution in [1.82, 2.24) is 0 Å². The van der Waals surface area contributed by atoms with Crippen LogP contribution in [0.25, 0.3) is 0 Å². The summed E-state index contributed by atoms with van der Waals surface area (Å²) in [5.41, 5.74) is 5.18. The molecule has 1 spiro atoms. The van der Waals surface area contributed by atoms with Crippen molar-refractivity contribution in [2.24, 2.45) is 10.8 Å². The number of carbonyl (C=O) groups excluding carboxylic acids is 1. The van der Waals surface area contributed by atoms with Crippen LogP contribution in [0.4, 0.5) is 11.4 Å². The largest absolute Gasteiger partial charge is 0.456 e. The standard InChI is InChI=1S/C30H30N2O3/c1-28(2)15-31(16-28)19-9-11-23-25(13-19)34-26-14-20(32-17-29(3,4)18-32)10-12-24(26)30(23)22-8-6-5-7-21(22)27(33)35-30/h5-14H,15-18H2,1-4H3. The molecule has 0 unspecified atom stereocenters. The zero-order valence-corrected chi connectivity index (χ0v) is 20.7. The van der Waals surface area contributed by atoms with Gasteiger partial charge in [-0.1, -0.05) is 45.9 Å². The zero-order valence-electron chi connectivity index (χ0n) is 20.7. The number of benzene rings is 3. The fourth-order valence-corrected chi connectivity index (χ4v) is 6.39. The molecule has 2 saturated heterocycles. The highest BCUT2D eigenvalue weighted by Gasteiger charge is 2.53. The average molecular weight is 467 g/mol. The maximum atomic E-state index is 13.1. The van der Waals surface area contributed by atoms with Crippen molar-refractivity contribution in [3.63, 3.8) is 0 Å². The molecule has 5 heteroatoms. The van der Waals surface area contributed by atoms with Crippen LogP contribution in [-0.2, 0) is 10.3 Å². The fourth-order valence-electron chi connectivity index (χ4n) is 6.39. The Balaban J connectivity index is 1.39. The molecule has 3 aromatic carbocycles. The third-order valence-corrected chi connectivity index (χ3v) is 7.89. The first-order chi connectivity index (χ1) is 16.7. The number of carbonyl (C=O) groups is 1. The van der Waals surface area contributed by atoms with Gasteiger partial charge in [0.2, 0.25) is 0 Å². The summed E-state index contributed by atoms with van der Waals surface area (Å²) in [4.78, 5) is 17.8. The molecule has 0 bridgehead atoms. The molecule has 4 aliphatic rings. The summed E-state index contributed by atoms with van der Waals surface area (Å²) in [7, 11) is 0. The molecule has 0 amide bonds. The van der Waals surface area contributed by atoms with E-state index in [2.05, 4.69) is 73.9 Å². The van der Waals surface area contributed by atoms with Gasteiger partial charge in [0.25, 0.3) is 0 Å².